The number of methoxy groups -OCH3 is 1. The molecule has 12 heteroatoms. The van der Waals surface area contributed by atoms with Crippen LogP contribution in [0.5, 0.6) is 0 Å². The first kappa shape index (κ1) is 39.8. The molecule has 12 nitrogen and oxygen atoms in total. The van der Waals surface area contributed by atoms with Crippen molar-refractivity contribution in [2.24, 2.45) is 39.0 Å². The van der Waals surface area contributed by atoms with Crippen molar-refractivity contribution in [2.45, 2.75) is 135 Å². The molecule has 7 atom stereocenters. The summed E-state index contributed by atoms with van der Waals surface area (Å²) in [5.74, 6) is 1.55. The van der Waals surface area contributed by atoms with E-state index in [1.165, 1.54) is 22.6 Å². The lowest BCUT2D eigenvalue weighted by molar-refractivity contribution is -0.134. The van der Waals surface area contributed by atoms with Crippen LogP contribution in [0.25, 0.3) is 16.5 Å². The van der Waals surface area contributed by atoms with Crippen molar-refractivity contribution in [3.63, 3.8) is 0 Å². The summed E-state index contributed by atoms with van der Waals surface area (Å²) in [6.45, 7) is 13.0. The zero-order valence-corrected chi connectivity index (χ0v) is 33.8. The lowest BCUT2D eigenvalue weighted by Gasteiger charge is -2.39. The number of aromatic nitrogens is 1. The smallest absolute Gasteiger partial charge is 0.240 e. The first-order chi connectivity index (χ1) is 26.4. The maximum Gasteiger partial charge on any atom is 0.240 e. The van der Waals surface area contributed by atoms with Gasteiger partial charge in [-0.05, 0) is 106 Å². The molecule has 7 N–H and O–H groups in total. The third-order valence-electron chi connectivity index (χ3n) is 13.4. The summed E-state index contributed by atoms with van der Waals surface area (Å²) < 4.78 is 14.3. The van der Waals surface area contributed by atoms with E-state index in [1.807, 2.05) is 32.6 Å². The topological polar surface area (TPSA) is 170 Å². The Kier molecular flexibility index (Phi) is 11.8. The predicted octanol–water partition coefficient (Wildman–Crippen LogP) is 4.56. The normalized spacial score (nSPS) is 26.6. The van der Waals surface area contributed by atoms with E-state index in [1.54, 1.807) is 7.11 Å². The van der Waals surface area contributed by atoms with Crippen molar-refractivity contribution in [3.05, 3.63) is 52.9 Å². The molecule has 5 aliphatic rings. The number of likely N-dealkylation sites (tertiary alicyclic amines) is 2. The van der Waals surface area contributed by atoms with Gasteiger partial charge < -0.3 is 41.2 Å². The fraction of sp³-hybridized carbons (Fsp3) is 0.651. The van der Waals surface area contributed by atoms with Crippen molar-refractivity contribution in [1.29, 1.82) is 0 Å². The molecule has 0 saturated carbocycles. The van der Waals surface area contributed by atoms with Gasteiger partial charge in [0.05, 0.1) is 53.2 Å². The molecule has 0 spiro atoms. The Morgan fingerprint density at radius 1 is 1.15 bits per heavy atom. The number of carbonyl (C=O) groups excluding carboxylic acids is 1. The van der Waals surface area contributed by atoms with E-state index in [0.29, 0.717) is 25.7 Å². The van der Waals surface area contributed by atoms with Crippen LogP contribution in [-0.4, -0.2) is 112 Å². The quantitative estimate of drug-likeness (QED) is 0.216. The zero-order valence-electron chi connectivity index (χ0n) is 33.8. The standard InChI is InChI=1S/C43H64N8O4/c1-7-26-19-32(48-39(26)35-11-9-17-50(35)41(52)38(45)25(2)3)28-12-14-31-36-20-29-18-27(13-15-34(29)51(36)24-55-37(31)21-28)33(22-44)47-23-30-10-8-16-49(30)42(53)40(46)43(4,5)54-6/h13,15,18,20-21,25-26,30,35,38-40,42,53H,7-12,14,16-17,19,22-24,44-46H2,1-6H3. The van der Waals surface area contributed by atoms with Crippen LogP contribution in [0.15, 0.2) is 51.7 Å². The van der Waals surface area contributed by atoms with Gasteiger partial charge in [-0.2, -0.15) is 0 Å². The van der Waals surface area contributed by atoms with Gasteiger partial charge in [0.1, 0.15) is 12.0 Å². The first-order valence-electron chi connectivity index (χ1n) is 20.7. The molecule has 7 rings (SSSR count). The number of aliphatic hydroxyl groups excluding tert-OH is 1. The third kappa shape index (κ3) is 7.58. The predicted molar refractivity (Wildman–Crippen MR) is 220 cm³/mol. The minimum atomic E-state index is -0.819. The van der Waals surface area contributed by atoms with Crippen molar-refractivity contribution >= 4 is 33.8 Å². The number of allylic oxidation sites excluding steroid dienone is 3. The van der Waals surface area contributed by atoms with E-state index in [2.05, 4.69) is 46.7 Å². The summed E-state index contributed by atoms with van der Waals surface area (Å²) in [5, 5.41) is 12.3. The maximum atomic E-state index is 13.4. The number of aliphatic hydroxyl groups is 1. The van der Waals surface area contributed by atoms with Crippen LogP contribution in [0.3, 0.4) is 0 Å². The molecule has 55 heavy (non-hydrogen) atoms. The summed E-state index contributed by atoms with van der Waals surface area (Å²) in [6.07, 6.45) is 9.11. The maximum absolute atomic E-state index is 13.4. The largest absolute Gasteiger partial charge is 0.472 e. The van der Waals surface area contributed by atoms with Crippen LogP contribution in [-0.2, 0) is 21.0 Å². The van der Waals surface area contributed by atoms with Gasteiger partial charge in [0.25, 0.3) is 0 Å². The van der Waals surface area contributed by atoms with Crippen molar-refractivity contribution in [2.75, 3.05) is 33.3 Å². The molecular formula is C43H64N8O4. The number of aliphatic imine (C=N–C) groups is 2. The minimum Gasteiger partial charge on any atom is -0.472 e. The highest BCUT2D eigenvalue weighted by Crippen LogP contribution is 2.42. The first-order valence-corrected chi connectivity index (χ1v) is 20.7. The second-order valence-electron chi connectivity index (χ2n) is 17.2. The Balaban J connectivity index is 1.09. The van der Waals surface area contributed by atoms with Gasteiger partial charge in [-0.3, -0.25) is 19.7 Å². The van der Waals surface area contributed by atoms with Crippen LogP contribution in [0.1, 0.15) is 97.2 Å². The molecule has 5 heterocycles. The van der Waals surface area contributed by atoms with Gasteiger partial charge in [0, 0.05) is 49.5 Å². The highest BCUT2D eigenvalue weighted by atomic mass is 16.5. The number of fused-ring (bicyclic) bond motifs is 4. The Labute approximate surface area is 326 Å². The van der Waals surface area contributed by atoms with Gasteiger partial charge in [0.2, 0.25) is 5.91 Å². The van der Waals surface area contributed by atoms with Crippen LogP contribution < -0.4 is 17.2 Å². The number of carbonyl (C=O) groups is 1. The molecule has 0 radical (unpaired) electrons. The SMILES string of the molecule is CCC1CC(C2=CC3=C(CC2)c2cc4cc(C(CN)=NCC5CCCN5C(O)C(N)C(C)(C)OC)ccc4n2CO3)=NC1C1CCCN1C(=O)C(N)C(C)C. The zero-order chi connectivity index (χ0) is 39.2. The van der Waals surface area contributed by atoms with E-state index >= 15 is 0 Å². The Hall–Kier alpha value is -3.39. The Morgan fingerprint density at radius 3 is 2.65 bits per heavy atom. The second kappa shape index (κ2) is 16.2. The Bertz CT molecular complexity index is 1880. The highest BCUT2D eigenvalue weighted by Gasteiger charge is 2.43. The van der Waals surface area contributed by atoms with Gasteiger partial charge in [-0.15, -0.1) is 0 Å². The summed E-state index contributed by atoms with van der Waals surface area (Å²) in [5.41, 5.74) is 26.3. The van der Waals surface area contributed by atoms with Crippen molar-refractivity contribution < 1.29 is 19.4 Å². The molecule has 1 aliphatic carbocycles. The summed E-state index contributed by atoms with van der Waals surface area (Å²) >= 11 is 0. The average molecular weight is 757 g/mol. The summed E-state index contributed by atoms with van der Waals surface area (Å²) in [6, 6.07) is 8.03. The fourth-order valence-electron chi connectivity index (χ4n) is 9.48. The van der Waals surface area contributed by atoms with Gasteiger partial charge in [0.15, 0.2) is 6.73 Å². The molecule has 1 aromatic heterocycles. The number of rotatable bonds is 13. The molecule has 0 bridgehead atoms. The summed E-state index contributed by atoms with van der Waals surface area (Å²) in [7, 11) is 1.62. The molecule has 4 aliphatic heterocycles. The molecule has 1 amide bonds. The number of amides is 1. The van der Waals surface area contributed by atoms with Gasteiger partial charge in [-0.1, -0.05) is 33.3 Å². The number of hydrogen-bond acceptors (Lipinski definition) is 10. The third-order valence-corrected chi connectivity index (χ3v) is 13.4. The van der Waals surface area contributed by atoms with E-state index in [-0.39, 0.29) is 30.0 Å². The van der Waals surface area contributed by atoms with Crippen LogP contribution in [0.4, 0.5) is 0 Å². The van der Waals surface area contributed by atoms with Gasteiger partial charge >= 0.3 is 0 Å². The van der Waals surface area contributed by atoms with Gasteiger partial charge in [-0.25, -0.2) is 0 Å². The fourth-order valence-corrected chi connectivity index (χ4v) is 9.48. The van der Waals surface area contributed by atoms with Crippen LogP contribution in [0, 0.1) is 11.8 Å². The van der Waals surface area contributed by atoms with Crippen LogP contribution >= 0.6 is 0 Å². The molecule has 7 unspecified atom stereocenters. The number of hydrogen-bond donors (Lipinski definition) is 4. The van der Waals surface area contributed by atoms with E-state index in [4.69, 9.17) is 36.7 Å². The molecular weight excluding hydrogens is 693 g/mol. The molecule has 2 aromatic rings. The lowest BCUT2D eigenvalue weighted by atomic mass is 9.86. The van der Waals surface area contributed by atoms with E-state index in [0.717, 1.165) is 92.4 Å². The molecule has 1 aromatic carbocycles. The number of nitrogens with zero attached hydrogens (tertiary/aromatic N) is 5. The number of benzene rings is 1. The van der Waals surface area contributed by atoms with Crippen molar-refractivity contribution in [1.82, 2.24) is 14.4 Å². The van der Waals surface area contributed by atoms with E-state index in [9.17, 15) is 9.90 Å². The van der Waals surface area contributed by atoms with Crippen molar-refractivity contribution in [3.8, 4) is 0 Å². The molecule has 2 fully saturated rings. The van der Waals surface area contributed by atoms with E-state index < -0.39 is 23.9 Å². The number of nitrogens with two attached hydrogens (primary N) is 3. The number of ether oxygens (including phenoxy) is 2. The highest BCUT2D eigenvalue weighted by molar-refractivity contribution is 6.05. The molecule has 2 saturated heterocycles. The van der Waals surface area contributed by atoms with Crippen LogP contribution in [0.2, 0.25) is 0 Å². The monoisotopic (exact) mass is 757 g/mol. The minimum absolute atomic E-state index is 0.0766. The average Bonchev–Trinajstić information content (AvgIpc) is 4.01. The lowest BCUT2D eigenvalue weighted by Crippen LogP contribution is -2.59. The molecule has 300 valence electrons. The summed E-state index contributed by atoms with van der Waals surface area (Å²) in [4.78, 5) is 27.9. The Morgan fingerprint density at radius 2 is 1.93 bits per heavy atom. The second-order valence-corrected chi connectivity index (χ2v) is 17.2.